The van der Waals surface area contributed by atoms with E-state index in [-0.39, 0.29) is 18.4 Å². The van der Waals surface area contributed by atoms with E-state index in [0.717, 1.165) is 43.1 Å². The van der Waals surface area contributed by atoms with Crippen molar-refractivity contribution in [3.8, 4) is 17.4 Å². The molecule has 0 saturated carbocycles. The van der Waals surface area contributed by atoms with Crippen LogP contribution in [0.15, 0.2) is 36.4 Å². The van der Waals surface area contributed by atoms with Gasteiger partial charge in [0.15, 0.2) is 0 Å². The number of aromatic nitrogens is 1. The highest BCUT2D eigenvalue weighted by Gasteiger charge is 2.22. The summed E-state index contributed by atoms with van der Waals surface area (Å²) in [4.78, 5) is 18.9. The fourth-order valence-electron chi connectivity index (χ4n) is 3.37. The zero-order chi connectivity index (χ0) is 19.9. The molecule has 0 spiro atoms. The number of carbonyl (C=O) groups is 1. The summed E-state index contributed by atoms with van der Waals surface area (Å²) in [6.45, 7) is 1.72. The van der Waals surface area contributed by atoms with Crippen LogP contribution in [0.4, 0.5) is 5.69 Å². The van der Waals surface area contributed by atoms with E-state index in [1.54, 1.807) is 27.4 Å². The van der Waals surface area contributed by atoms with Crippen LogP contribution >= 0.6 is 0 Å². The SMILES string of the molecule is COc1cc(OC)cc(N2CCC(NC(=O)Cc3cccc(OC)n3)CC2)c1. The lowest BCUT2D eigenvalue weighted by Crippen LogP contribution is -2.45. The second kappa shape index (κ2) is 9.30. The van der Waals surface area contributed by atoms with Crippen LogP contribution in [0.25, 0.3) is 0 Å². The van der Waals surface area contributed by atoms with Gasteiger partial charge in [0.2, 0.25) is 11.8 Å². The lowest BCUT2D eigenvalue weighted by atomic mass is 10.0. The van der Waals surface area contributed by atoms with Crippen molar-refractivity contribution in [1.82, 2.24) is 10.3 Å². The van der Waals surface area contributed by atoms with Gasteiger partial charge in [0, 0.05) is 49.1 Å². The number of pyridine rings is 1. The minimum Gasteiger partial charge on any atom is -0.497 e. The first-order valence-electron chi connectivity index (χ1n) is 9.38. The van der Waals surface area contributed by atoms with E-state index in [0.29, 0.717) is 11.6 Å². The van der Waals surface area contributed by atoms with Crippen molar-refractivity contribution >= 4 is 11.6 Å². The molecule has 1 saturated heterocycles. The molecule has 0 aliphatic carbocycles. The molecule has 1 aromatic heterocycles. The topological polar surface area (TPSA) is 72.9 Å². The number of hydrogen-bond acceptors (Lipinski definition) is 6. The van der Waals surface area contributed by atoms with E-state index >= 15 is 0 Å². The summed E-state index contributed by atoms with van der Waals surface area (Å²) in [6, 6.07) is 11.5. The minimum absolute atomic E-state index is 0.0118. The Balaban J connectivity index is 1.53. The van der Waals surface area contributed by atoms with Crippen molar-refractivity contribution < 1.29 is 19.0 Å². The highest BCUT2D eigenvalue weighted by atomic mass is 16.5. The molecular formula is C21H27N3O4. The van der Waals surface area contributed by atoms with Gasteiger partial charge in [0.25, 0.3) is 0 Å². The first-order valence-corrected chi connectivity index (χ1v) is 9.38. The van der Waals surface area contributed by atoms with E-state index in [1.807, 2.05) is 30.3 Å². The van der Waals surface area contributed by atoms with Gasteiger partial charge in [-0.25, -0.2) is 4.98 Å². The average Bonchev–Trinajstić information content (AvgIpc) is 2.73. The van der Waals surface area contributed by atoms with Crippen molar-refractivity contribution in [1.29, 1.82) is 0 Å². The molecule has 1 N–H and O–H groups in total. The van der Waals surface area contributed by atoms with Crippen LogP contribution in [-0.2, 0) is 11.2 Å². The number of hydrogen-bond donors (Lipinski definition) is 1. The summed E-state index contributed by atoms with van der Waals surface area (Å²) in [7, 11) is 4.87. The smallest absolute Gasteiger partial charge is 0.226 e. The summed E-state index contributed by atoms with van der Waals surface area (Å²) in [5.74, 6) is 2.06. The normalized spacial score (nSPS) is 14.5. The van der Waals surface area contributed by atoms with Crippen molar-refractivity contribution in [2.24, 2.45) is 0 Å². The molecule has 1 aromatic carbocycles. The van der Waals surface area contributed by atoms with Gasteiger partial charge in [-0.1, -0.05) is 6.07 Å². The molecule has 28 heavy (non-hydrogen) atoms. The average molecular weight is 385 g/mol. The van der Waals surface area contributed by atoms with Gasteiger partial charge in [0.05, 0.1) is 33.4 Å². The molecule has 2 aromatic rings. The molecule has 3 rings (SSSR count). The van der Waals surface area contributed by atoms with Gasteiger partial charge in [-0.2, -0.15) is 0 Å². The van der Waals surface area contributed by atoms with Crippen LogP contribution in [0.2, 0.25) is 0 Å². The third kappa shape index (κ3) is 5.06. The second-order valence-corrected chi connectivity index (χ2v) is 6.75. The number of anilines is 1. The fraction of sp³-hybridized carbons (Fsp3) is 0.429. The molecule has 0 atom stereocenters. The summed E-state index contributed by atoms with van der Waals surface area (Å²) in [6.07, 6.45) is 2.03. The van der Waals surface area contributed by atoms with Gasteiger partial charge in [-0.15, -0.1) is 0 Å². The Morgan fingerprint density at radius 2 is 1.75 bits per heavy atom. The van der Waals surface area contributed by atoms with Crippen LogP contribution in [0.1, 0.15) is 18.5 Å². The molecular weight excluding hydrogens is 358 g/mol. The molecule has 0 bridgehead atoms. The van der Waals surface area contributed by atoms with Gasteiger partial charge in [-0.3, -0.25) is 4.79 Å². The van der Waals surface area contributed by atoms with Crippen LogP contribution in [0.3, 0.4) is 0 Å². The van der Waals surface area contributed by atoms with E-state index in [1.165, 1.54) is 0 Å². The van der Waals surface area contributed by atoms with Crippen molar-refractivity contribution in [3.05, 3.63) is 42.1 Å². The maximum Gasteiger partial charge on any atom is 0.226 e. The molecule has 7 heteroatoms. The molecule has 7 nitrogen and oxygen atoms in total. The van der Waals surface area contributed by atoms with Crippen molar-refractivity contribution in [2.45, 2.75) is 25.3 Å². The number of ether oxygens (including phenoxy) is 3. The van der Waals surface area contributed by atoms with Crippen molar-refractivity contribution in [3.63, 3.8) is 0 Å². The minimum atomic E-state index is -0.0118. The largest absolute Gasteiger partial charge is 0.497 e. The second-order valence-electron chi connectivity index (χ2n) is 6.75. The maximum absolute atomic E-state index is 12.4. The van der Waals surface area contributed by atoms with Gasteiger partial charge in [-0.05, 0) is 18.9 Å². The first kappa shape index (κ1) is 19.8. The predicted molar refractivity (Wildman–Crippen MR) is 107 cm³/mol. The lowest BCUT2D eigenvalue weighted by molar-refractivity contribution is -0.121. The van der Waals surface area contributed by atoms with Gasteiger partial charge in [0.1, 0.15) is 11.5 Å². The van der Waals surface area contributed by atoms with Gasteiger partial charge >= 0.3 is 0 Å². The van der Waals surface area contributed by atoms with E-state index in [2.05, 4.69) is 15.2 Å². The Labute approximate surface area is 165 Å². The Bertz CT molecular complexity index is 782. The van der Waals surface area contributed by atoms with Crippen LogP contribution in [0.5, 0.6) is 17.4 Å². The Morgan fingerprint density at radius 3 is 2.36 bits per heavy atom. The van der Waals surface area contributed by atoms with E-state index < -0.39 is 0 Å². The van der Waals surface area contributed by atoms with E-state index in [4.69, 9.17) is 14.2 Å². The number of rotatable bonds is 7. The van der Waals surface area contributed by atoms with E-state index in [9.17, 15) is 4.79 Å². The number of methoxy groups -OCH3 is 3. The highest BCUT2D eigenvalue weighted by Crippen LogP contribution is 2.30. The number of benzene rings is 1. The monoisotopic (exact) mass is 385 g/mol. The number of amides is 1. The number of carbonyl (C=O) groups excluding carboxylic acids is 1. The quantitative estimate of drug-likeness (QED) is 0.789. The molecule has 0 radical (unpaired) electrons. The molecule has 2 heterocycles. The zero-order valence-electron chi connectivity index (χ0n) is 16.6. The molecule has 0 unspecified atom stereocenters. The predicted octanol–water partition coefficient (Wildman–Crippen LogP) is 2.44. The first-order chi connectivity index (χ1) is 13.6. The highest BCUT2D eigenvalue weighted by molar-refractivity contribution is 5.78. The standard InChI is InChI=1S/C21H27N3O4/c1-26-18-12-17(13-19(14-18)27-2)24-9-7-15(8-10-24)22-20(25)11-16-5-4-6-21(23-16)28-3/h4-6,12-15H,7-11H2,1-3H3,(H,22,25). The lowest BCUT2D eigenvalue weighted by Gasteiger charge is -2.34. The van der Waals surface area contributed by atoms with Crippen LogP contribution in [0, 0.1) is 0 Å². The Hall–Kier alpha value is -2.96. The Kier molecular flexibility index (Phi) is 6.57. The zero-order valence-corrected chi connectivity index (χ0v) is 16.6. The number of piperidine rings is 1. The molecule has 1 aliphatic rings. The molecule has 1 aliphatic heterocycles. The maximum atomic E-state index is 12.4. The van der Waals surface area contributed by atoms with Gasteiger partial charge < -0.3 is 24.4 Å². The summed E-state index contributed by atoms with van der Waals surface area (Å²) in [5.41, 5.74) is 1.78. The summed E-state index contributed by atoms with van der Waals surface area (Å²) in [5, 5.41) is 3.13. The summed E-state index contributed by atoms with van der Waals surface area (Å²) < 4.78 is 15.8. The third-order valence-electron chi connectivity index (χ3n) is 4.89. The Morgan fingerprint density at radius 1 is 1.07 bits per heavy atom. The number of nitrogens with zero attached hydrogens (tertiary/aromatic N) is 2. The molecule has 150 valence electrons. The van der Waals surface area contributed by atoms with Crippen LogP contribution < -0.4 is 24.4 Å². The third-order valence-corrected chi connectivity index (χ3v) is 4.89. The summed E-state index contributed by atoms with van der Waals surface area (Å²) >= 11 is 0. The molecule has 1 amide bonds. The fourth-order valence-corrected chi connectivity index (χ4v) is 3.37. The molecule has 1 fully saturated rings. The number of nitrogens with one attached hydrogen (secondary N) is 1. The van der Waals surface area contributed by atoms with Crippen molar-refractivity contribution in [2.75, 3.05) is 39.3 Å². The van der Waals surface area contributed by atoms with Crippen LogP contribution in [-0.4, -0.2) is 51.4 Å².